The number of hydrogen-bond donors (Lipinski definition) is 1. The first-order valence-electron chi connectivity index (χ1n) is 5.25. The zero-order valence-electron chi connectivity index (χ0n) is 9.39. The number of hydrogen-bond acceptors (Lipinski definition) is 2. The van der Waals surface area contributed by atoms with Gasteiger partial charge in [-0.3, -0.25) is 0 Å². The van der Waals surface area contributed by atoms with Crippen molar-refractivity contribution in [2.45, 2.75) is 6.92 Å². The van der Waals surface area contributed by atoms with Gasteiger partial charge in [0.25, 0.3) is 0 Å². The van der Waals surface area contributed by atoms with E-state index in [4.69, 9.17) is 11.6 Å². The van der Waals surface area contributed by atoms with Gasteiger partial charge in [-0.2, -0.15) is 0 Å². The molecule has 0 bridgehead atoms. The minimum atomic E-state index is 0.213. The maximum Gasteiger partial charge on any atom is 0.136 e. The fourth-order valence-electron chi connectivity index (χ4n) is 1.46. The highest BCUT2D eigenvalue weighted by molar-refractivity contribution is 6.30. The molecule has 0 atom stereocenters. The summed E-state index contributed by atoms with van der Waals surface area (Å²) in [6.45, 7) is 1.77. The molecule has 0 saturated heterocycles. The molecule has 0 saturated carbocycles. The van der Waals surface area contributed by atoms with E-state index < -0.39 is 0 Å². The van der Waals surface area contributed by atoms with Gasteiger partial charge >= 0.3 is 0 Å². The average Bonchev–Trinajstić information content (AvgIpc) is 2.31. The summed E-state index contributed by atoms with van der Waals surface area (Å²) in [6.07, 6.45) is 3.82. The molecule has 3 heteroatoms. The lowest BCUT2D eigenvalue weighted by atomic mass is 10.2. The predicted molar refractivity (Wildman–Crippen MR) is 71.0 cm³/mol. The Morgan fingerprint density at radius 3 is 2.71 bits per heavy atom. The van der Waals surface area contributed by atoms with Gasteiger partial charge in [-0.05, 0) is 42.8 Å². The molecule has 0 aliphatic heterocycles. The number of aromatic nitrogens is 1. The third-order valence-corrected chi connectivity index (χ3v) is 2.61. The Morgan fingerprint density at radius 1 is 1.18 bits per heavy atom. The number of pyridine rings is 1. The van der Waals surface area contributed by atoms with Gasteiger partial charge in [0.05, 0.1) is 11.4 Å². The largest absolute Gasteiger partial charge is 0.506 e. The third-order valence-electron chi connectivity index (χ3n) is 2.37. The molecule has 2 nitrogen and oxygen atoms in total. The Morgan fingerprint density at radius 2 is 2.00 bits per heavy atom. The normalized spacial score (nSPS) is 10.9. The summed E-state index contributed by atoms with van der Waals surface area (Å²) in [7, 11) is 0. The van der Waals surface area contributed by atoms with E-state index in [0.717, 1.165) is 11.3 Å². The van der Waals surface area contributed by atoms with Crippen LogP contribution in [0.15, 0.2) is 36.4 Å². The lowest BCUT2D eigenvalue weighted by molar-refractivity contribution is 0.467. The lowest BCUT2D eigenvalue weighted by Gasteiger charge is -1.99. The average molecular weight is 246 g/mol. The van der Waals surface area contributed by atoms with Gasteiger partial charge in [0.15, 0.2) is 0 Å². The monoisotopic (exact) mass is 245 g/mol. The highest BCUT2D eigenvalue weighted by Crippen LogP contribution is 2.16. The molecule has 1 aromatic heterocycles. The molecule has 86 valence electrons. The van der Waals surface area contributed by atoms with Crippen LogP contribution in [-0.4, -0.2) is 10.1 Å². The molecule has 17 heavy (non-hydrogen) atoms. The standard InChI is InChI=1S/C14H12ClNO/c1-10-14(17)8-7-13(16-10)6-5-11-3-2-4-12(15)9-11/h2-9,17H,1H3/b6-5+. The maximum atomic E-state index is 9.36. The Hall–Kier alpha value is -1.80. The van der Waals surface area contributed by atoms with E-state index in [1.54, 1.807) is 19.1 Å². The molecule has 0 unspecified atom stereocenters. The number of aryl methyl sites for hydroxylation is 1. The molecular formula is C14H12ClNO. The van der Waals surface area contributed by atoms with Crippen molar-refractivity contribution in [1.29, 1.82) is 0 Å². The molecule has 0 aliphatic rings. The van der Waals surface area contributed by atoms with Gasteiger partial charge in [-0.15, -0.1) is 0 Å². The van der Waals surface area contributed by atoms with E-state index in [1.165, 1.54) is 0 Å². The van der Waals surface area contributed by atoms with Crippen LogP contribution in [0.5, 0.6) is 5.75 Å². The van der Waals surface area contributed by atoms with Crippen molar-refractivity contribution in [2.75, 3.05) is 0 Å². The first-order chi connectivity index (χ1) is 8.15. The molecule has 1 aromatic carbocycles. The molecule has 1 heterocycles. The number of halogens is 1. The van der Waals surface area contributed by atoms with Crippen LogP contribution in [0.1, 0.15) is 17.0 Å². The SMILES string of the molecule is Cc1nc(/C=C/c2cccc(Cl)c2)ccc1O. The first kappa shape index (κ1) is 11.7. The van der Waals surface area contributed by atoms with Gasteiger partial charge < -0.3 is 5.11 Å². The summed E-state index contributed by atoms with van der Waals surface area (Å²) in [5.41, 5.74) is 2.45. The minimum absolute atomic E-state index is 0.213. The quantitative estimate of drug-likeness (QED) is 0.870. The summed E-state index contributed by atoms with van der Waals surface area (Å²) in [5.74, 6) is 0.213. The van der Waals surface area contributed by atoms with Crippen molar-refractivity contribution in [3.05, 3.63) is 58.4 Å². The smallest absolute Gasteiger partial charge is 0.136 e. The third kappa shape index (κ3) is 3.08. The van der Waals surface area contributed by atoms with E-state index in [9.17, 15) is 5.11 Å². The van der Waals surface area contributed by atoms with E-state index in [0.29, 0.717) is 10.7 Å². The lowest BCUT2D eigenvalue weighted by Crippen LogP contribution is -1.85. The fraction of sp³-hybridized carbons (Fsp3) is 0.0714. The van der Waals surface area contributed by atoms with Crippen LogP contribution in [0, 0.1) is 6.92 Å². The minimum Gasteiger partial charge on any atom is -0.506 e. The molecule has 0 spiro atoms. The Labute approximate surface area is 105 Å². The molecule has 0 amide bonds. The second-order valence-electron chi connectivity index (χ2n) is 3.73. The number of nitrogens with zero attached hydrogens (tertiary/aromatic N) is 1. The Kier molecular flexibility index (Phi) is 3.45. The van der Waals surface area contributed by atoms with Crippen molar-refractivity contribution in [3.63, 3.8) is 0 Å². The Bertz CT molecular complexity index is 564. The fourth-order valence-corrected chi connectivity index (χ4v) is 1.66. The van der Waals surface area contributed by atoms with E-state index in [1.807, 2.05) is 36.4 Å². The summed E-state index contributed by atoms with van der Waals surface area (Å²) in [6, 6.07) is 11.0. The van der Waals surface area contributed by atoms with Crippen molar-refractivity contribution in [2.24, 2.45) is 0 Å². The highest BCUT2D eigenvalue weighted by Gasteiger charge is 1.96. The number of rotatable bonds is 2. The topological polar surface area (TPSA) is 33.1 Å². The zero-order chi connectivity index (χ0) is 12.3. The molecule has 2 aromatic rings. The molecular weight excluding hydrogens is 234 g/mol. The van der Waals surface area contributed by atoms with Crippen molar-refractivity contribution >= 4 is 23.8 Å². The summed E-state index contributed by atoms with van der Waals surface area (Å²) < 4.78 is 0. The second kappa shape index (κ2) is 5.02. The summed E-state index contributed by atoms with van der Waals surface area (Å²) >= 11 is 5.89. The molecule has 1 N–H and O–H groups in total. The van der Waals surface area contributed by atoms with Crippen molar-refractivity contribution in [1.82, 2.24) is 4.98 Å². The van der Waals surface area contributed by atoms with Gasteiger partial charge in [0.2, 0.25) is 0 Å². The Balaban J connectivity index is 2.23. The van der Waals surface area contributed by atoms with Crippen LogP contribution in [0.2, 0.25) is 5.02 Å². The first-order valence-corrected chi connectivity index (χ1v) is 5.63. The molecule has 2 rings (SSSR count). The van der Waals surface area contributed by atoms with Gasteiger partial charge in [0, 0.05) is 5.02 Å². The van der Waals surface area contributed by atoms with Gasteiger partial charge in [0.1, 0.15) is 5.75 Å². The highest BCUT2D eigenvalue weighted by atomic mass is 35.5. The molecule has 0 radical (unpaired) electrons. The van der Waals surface area contributed by atoms with E-state index in [-0.39, 0.29) is 5.75 Å². The van der Waals surface area contributed by atoms with Crippen LogP contribution in [-0.2, 0) is 0 Å². The van der Waals surface area contributed by atoms with E-state index in [2.05, 4.69) is 4.98 Å². The predicted octanol–water partition coefficient (Wildman–Crippen LogP) is 3.92. The maximum absolute atomic E-state index is 9.36. The van der Waals surface area contributed by atoms with Crippen LogP contribution in [0.3, 0.4) is 0 Å². The summed E-state index contributed by atoms with van der Waals surface area (Å²) in [5, 5.41) is 10.1. The van der Waals surface area contributed by atoms with Crippen LogP contribution < -0.4 is 0 Å². The van der Waals surface area contributed by atoms with Crippen molar-refractivity contribution in [3.8, 4) is 5.75 Å². The van der Waals surface area contributed by atoms with E-state index >= 15 is 0 Å². The van der Waals surface area contributed by atoms with Crippen molar-refractivity contribution < 1.29 is 5.11 Å². The van der Waals surface area contributed by atoms with Gasteiger partial charge in [-0.25, -0.2) is 4.98 Å². The van der Waals surface area contributed by atoms with Crippen LogP contribution >= 0.6 is 11.6 Å². The van der Waals surface area contributed by atoms with Gasteiger partial charge in [-0.1, -0.05) is 29.8 Å². The number of benzene rings is 1. The molecule has 0 fully saturated rings. The summed E-state index contributed by atoms with van der Waals surface area (Å²) in [4.78, 5) is 4.24. The van der Waals surface area contributed by atoms with Crippen LogP contribution in [0.25, 0.3) is 12.2 Å². The van der Waals surface area contributed by atoms with Crippen LogP contribution in [0.4, 0.5) is 0 Å². The molecule has 0 aliphatic carbocycles. The zero-order valence-corrected chi connectivity index (χ0v) is 10.1. The second-order valence-corrected chi connectivity index (χ2v) is 4.17. The number of aromatic hydroxyl groups is 1.